The molecule has 51 heavy (non-hydrogen) atoms. The number of nitrogens with two attached hydrogens (primary N) is 1. The normalized spacial score (nSPS) is 25.5. The quantitative estimate of drug-likeness (QED) is 0.0437. The predicted molar refractivity (Wildman–Crippen MR) is 181 cm³/mol. The van der Waals surface area contributed by atoms with Crippen LogP contribution in [0.25, 0.3) is 0 Å². The first-order valence-corrected chi connectivity index (χ1v) is 18.0. The van der Waals surface area contributed by atoms with Crippen molar-refractivity contribution < 1.29 is 51.4 Å². The van der Waals surface area contributed by atoms with Crippen LogP contribution in [0, 0.1) is 5.41 Å². The van der Waals surface area contributed by atoms with Gasteiger partial charge in [-0.1, -0.05) is 5.16 Å². The number of hydroxylamine groups is 2. The average Bonchev–Trinajstić information content (AvgIpc) is 3.35. The number of amides is 2. The molecule has 1 aromatic carbocycles. The van der Waals surface area contributed by atoms with E-state index in [1.807, 2.05) is 0 Å². The van der Waals surface area contributed by atoms with Crippen molar-refractivity contribution in [2.24, 2.45) is 5.16 Å². The summed E-state index contributed by atoms with van der Waals surface area (Å²) in [4.78, 5) is 48.6. The Morgan fingerprint density at radius 1 is 1.29 bits per heavy atom. The molecule has 0 bridgehead atoms. The smallest absolute Gasteiger partial charge is 0.418 e. The number of benzene rings is 1. The number of carbonyl (C=O) groups is 3. The Hall–Kier alpha value is -4.41. The number of fused-ring (bicyclic) bond motifs is 1. The van der Waals surface area contributed by atoms with Crippen LogP contribution in [0.1, 0.15) is 63.3 Å². The van der Waals surface area contributed by atoms with Crippen LogP contribution in [0.5, 0.6) is 5.75 Å². The number of carboxylic acid groups (broad SMARTS) is 1. The number of β-lactam (4-membered cyclic amide) rings is 1. The van der Waals surface area contributed by atoms with Crippen LogP contribution < -0.4 is 26.4 Å². The van der Waals surface area contributed by atoms with E-state index in [9.17, 15) is 33.0 Å². The summed E-state index contributed by atoms with van der Waals surface area (Å²) >= 11 is 0.958. The van der Waals surface area contributed by atoms with Gasteiger partial charge < -0.3 is 41.5 Å². The maximum atomic E-state index is 13.5. The van der Waals surface area contributed by atoms with Gasteiger partial charge in [-0.25, -0.2) is 9.78 Å². The lowest BCUT2D eigenvalue weighted by atomic mass is 9.73. The molecule has 0 radical (unpaired) electrons. The molecule has 3 atom stereocenters. The lowest BCUT2D eigenvalue weighted by molar-refractivity contribution is -0.218. The number of hydrogen-bond acceptors (Lipinski definition) is 15. The molecule has 0 unspecified atom stereocenters. The highest BCUT2D eigenvalue weighted by molar-refractivity contribution is 7.80. The van der Waals surface area contributed by atoms with Crippen molar-refractivity contribution in [1.29, 1.82) is 5.41 Å². The number of ether oxygens (including phenoxy) is 1. The van der Waals surface area contributed by atoms with E-state index in [4.69, 9.17) is 25.3 Å². The minimum atomic E-state index is -5.04. The second kappa shape index (κ2) is 14.0. The zero-order chi connectivity index (χ0) is 37.5. The van der Waals surface area contributed by atoms with E-state index < -0.39 is 57.2 Å². The standard InChI is InChI=1S/C30H40N8O11S2/c1-28(2)22(25(41)38(28)49-51(44,45)46)36-24(40)21(18-13-50-27(32)35-18)37-48-29(3,26(42)43)20-7-5-6-15-10-16(8-9-19(15)47-20)23(31)34-17-11-30(12-17,14-39)33-4/h8-10,13,17,20,22,33,39H,5-7,11-12,14H2,1-4H3,(H2,31,34)(H2,32,35)(H,36,40)(H,42,43)(H,44,45,46)/b37-21-/t17-,20-,22-,29+,30-/m1/s1. The number of carboxylic acids is 1. The summed E-state index contributed by atoms with van der Waals surface area (Å²) in [5.41, 5.74) is 2.56. The molecule has 278 valence electrons. The van der Waals surface area contributed by atoms with Gasteiger partial charge in [0.15, 0.2) is 16.9 Å². The van der Waals surface area contributed by atoms with Crippen molar-refractivity contribution in [3.8, 4) is 5.75 Å². The molecular formula is C30H40N8O11S2. The lowest BCUT2D eigenvalue weighted by Gasteiger charge is -2.50. The minimum absolute atomic E-state index is 0.00115. The van der Waals surface area contributed by atoms with E-state index in [2.05, 4.69) is 30.4 Å². The van der Waals surface area contributed by atoms with Gasteiger partial charge in [-0.3, -0.25) is 19.6 Å². The Labute approximate surface area is 296 Å². The zero-order valence-corrected chi connectivity index (χ0v) is 29.8. The van der Waals surface area contributed by atoms with Crippen LogP contribution in [-0.4, -0.2) is 111 Å². The first-order chi connectivity index (χ1) is 23.8. The van der Waals surface area contributed by atoms with Crippen LogP contribution in [0.3, 0.4) is 0 Å². The van der Waals surface area contributed by atoms with Gasteiger partial charge in [0.1, 0.15) is 23.3 Å². The van der Waals surface area contributed by atoms with Crippen molar-refractivity contribution in [2.45, 2.75) is 87.7 Å². The van der Waals surface area contributed by atoms with Crippen LogP contribution in [0.15, 0.2) is 28.7 Å². The highest BCUT2D eigenvalue weighted by Gasteiger charge is 2.58. The molecule has 2 fully saturated rings. The third-order valence-electron chi connectivity index (χ3n) is 9.45. The van der Waals surface area contributed by atoms with E-state index in [0.29, 0.717) is 42.1 Å². The Balaban J connectivity index is 1.33. The molecule has 3 heterocycles. The number of aliphatic hydroxyl groups is 1. The number of aryl methyl sites for hydroxylation is 1. The number of nitrogens with one attached hydrogen (secondary N) is 4. The number of oxime groups is 1. The molecule has 1 saturated carbocycles. The van der Waals surface area contributed by atoms with Gasteiger partial charge in [-0.05, 0) is 83.7 Å². The number of thiazole rings is 1. The molecule has 2 aromatic rings. The van der Waals surface area contributed by atoms with E-state index >= 15 is 0 Å². The van der Waals surface area contributed by atoms with Gasteiger partial charge in [-0.2, -0.15) is 13.5 Å². The van der Waals surface area contributed by atoms with Crippen molar-refractivity contribution in [3.63, 3.8) is 0 Å². The summed E-state index contributed by atoms with van der Waals surface area (Å²) in [6, 6.07) is 3.82. The Bertz CT molecular complexity index is 1850. The number of hydrogen-bond donors (Lipinski definition) is 8. The molecule has 2 aliphatic heterocycles. The molecule has 2 amide bonds. The highest BCUT2D eigenvalue weighted by atomic mass is 32.3. The predicted octanol–water partition coefficient (Wildman–Crippen LogP) is -0.0589. The second-order valence-electron chi connectivity index (χ2n) is 13.3. The first-order valence-electron chi connectivity index (χ1n) is 15.8. The number of nitrogens with zero attached hydrogens (tertiary/aromatic N) is 3. The highest BCUT2D eigenvalue weighted by Crippen LogP contribution is 2.36. The topological polar surface area (TPSA) is 288 Å². The largest absolute Gasteiger partial charge is 0.485 e. The molecule has 1 saturated heterocycles. The summed E-state index contributed by atoms with van der Waals surface area (Å²) in [5.74, 6) is -2.89. The number of nitrogen functional groups attached to an aromatic ring is 1. The third-order valence-corrected chi connectivity index (χ3v) is 10.5. The minimum Gasteiger partial charge on any atom is -0.485 e. The number of aromatic nitrogens is 1. The number of rotatable bonds is 13. The Morgan fingerprint density at radius 2 is 2.00 bits per heavy atom. The molecule has 1 aromatic heterocycles. The number of likely N-dealkylation sites (N-methyl/N-ethyl adjacent to an activating group) is 1. The number of anilines is 1. The first kappa shape index (κ1) is 37.8. The fourth-order valence-corrected chi connectivity index (χ4v) is 7.21. The van der Waals surface area contributed by atoms with Crippen LogP contribution in [0.2, 0.25) is 0 Å². The molecule has 5 rings (SSSR count). The van der Waals surface area contributed by atoms with Gasteiger partial charge in [0.2, 0.25) is 0 Å². The van der Waals surface area contributed by atoms with Gasteiger partial charge in [0.05, 0.1) is 12.1 Å². The Kier molecular flexibility index (Phi) is 10.4. The average molecular weight is 753 g/mol. The SMILES string of the molecule is CN[C@]1(CO)C[C@@H](NC(=N)c2ccc3c(c2)CCC[C@H]([C@](C)(O/N=C(\C(=O)N[C@@H]2C(=O)N(OS(=O)(=O)O)C2(C)C)c2csc(N)n2)C(=O)O)O3)C1. The monoisotopic (exact) mass is 752 g/mol. The summed E-state index contributed by atoms with van der Waals surface area (Å²) in [6.45, 7) is 3.97. The summed E-state index contributed by atoms with van der Waals surface area (Å²) in [5, 5.41) is 43.0. The molecule has 1 aliphatic carbocycles. The van der Waals surface area contributed by atoms with Crippen molar-refractivity contribution in [2.75, 3.05) is 19.4 Å². The fourth-order valence-electron chi connectivity index (χ4n) is 6.20. The fraction of sp³-hybridized carbons (Fsp3) is 0.533. The summed E-state index contributed by atoms with van der Waals surface area (Å²) in [6.07, 6.45) is 1.43. The molecule has 19 nitrogen and oxygen atoms in total. The molecular weight excluding hydrogens is 713 g/mol. The van der Waals surface area contributed by atoms with Crippen molar-refractivity contribution in [1.82, 2.24) is 26.0 Å². The van der Waals surface area contributed by atoms with Gasteiger partial charge in [-0.15, -0.1) is 15.6 Å². The van der Waals surface area contributed by atoms with Gasteiger partial charge >= 0.3 is 16.4 Å². The van der Waals surface area contributed by atoms with Crippen molar-refractivity contribution in [3.05, 3.63) is 40.4 Å². The van der Waals surface area contributed by atoms with Gasteiger partial charge in [0.25, 0.3) is 17.4 Å². The summed E-state index contributed by atoms with van der Waals surface area (Å²) < 4.78 is 41.9. The van der Waals surface area contributed by atoms with Gasteiger partial charge in [0, 0.05) is 22.5 Å². The number of aliphatic carboxylic acids is 1. The third kappa shape index (κ3) is 7.62. The van der Waals surface area contributed by atoms with E-state index in [1.165, 1.54) is 26.2 Å². The number of amidine groups is 1. The Morgan fingerprint density at radius 3 is 2.57 bits per heavy atom. The van der Waals surface area contributed by atoms with E-state index in [-0.39, 0.29) is 41.3 Å². The maximum absolute atomic E-state index is 13.5. The number of carbonyl (C=O) groups excluding carboxylic acids is 2. The maximum Gasteiger partial charge on any atom is 0.418 e. The van der Waals surface area contributed by atoms with Crippen LogP contribution in [0.4, 0.5) is 5.13 Å². The van der Waals surface area contributed by atoms with E-state index in [0.717, 1.165) is 16.9 Å². The van der Waals surface area contributed by atoms with Crippen molar-refractivity contribution >= 4 is 56.2 Å². The zero-order valence-electron chi connectivity index (χ0n) is 28.1. The molecule has 3 aliphatic rings. The molecule has 9 N–H and O–H groups in total. The molecule has 0 spiro atoms. The second-order valence-corrected chi connectivity index (χ2v) is 15.2. The van der Waals surface area contributed by atoms with E-state index in [1.54, 1.807) is 25.2 Å². The summed E-state index contributed by atoms with van der Waals surface area (Å²) in [7, 11) is -3.25. The van der Waals surface area contributed by atoms with Crippen LogP contribution in [-0.2, 0) is 40.3 Å². The lowest BCUT2D eigenvalue weighted by Crippen LogP contribution is -2.76. The number of aliphatic hydroxyl groups excluding tert-OH is 1. The van der Waals surface area contributed by atoms with Crippen LogP contribution >= 0.6 is 11.3 Å². The molecule has 21 heteroatoms.